The first kappa shape index (κ1) is 13.9. The molecule has 1 aliphatic carbocycles. The van der Waals surface area contributed by atoms with Crippen LogP contribution in [0, 0.1) is 0 Å². The predicted octanol–water partition coefficient (Wildman–Crippen LogP) is 3.61. The maximum Gasteiger partial charge on any atom is 0.237 e. The van der Waals surface area contributed by atoms with Gasteiger partial charge in [-0.3, -0.25) is 4.40 Å². The summed E-state index contributed by atoms with van der Waals surface area (Å²) in [6.45, 7) is 0.839. The van der Waals surface area contributed by atoms with Gasteiger partial charge in [-0.25, -0.2) is 0 Å². The van der Waals surface area contributed by atoms with Gasteiger partial charge in [0.1, 0.15) is 5.69 Å². The monoisotopic (exact) mass is 293 g/mol. The van der Waals surface area contributed by atoms with Gasteiger partial charge in [-0.1, -0.05) is 32.1 Å². The average Bonchev–Trinajstić information content (AvgIpc) is 2.98. The number of nitrogens with zero attached hydrogens (tertiary/aromatic N) is 2. The van der Waals surface area contributed by atoms with Crippen molar-refractivity contribution < 1.29 is 4.74 Å². The molecule has 2 heterocycles. The molecule has 1 N–H and O–H groups in total. The van der Waals surface area contributed by atoms with Gasteiger partial charge in [0.25, 0.3) is 0 Å². The zero-order valence-corrected chi connectivity index (χ0v) is 12.9. The van der Waals surface area contributed by atoms with Crippen LogP contribution in [0.1, 0.15) is 50.6 Å². The Morgan fingerprint density at radius 2 is 2.05 bits per heavy atom. The van der Waals surface area contributed by atoms with Crippen molar-refractivity contribution in [1.82, 2.24) is 14.7 Å². The lowest BCUT2D eigenvalue weighted by atomic mass is 9.97. The van der Waals surface area contributed by atoms with Crippen LogP contribution in [0.15, 0.2) is 11.6 Å². The summed E-state index contributed by atoms with van der Waals surface area (Å²) < 4.78 is 7.55. The van der Waals surface area contributed by atoms with Gasteiger partial charge in [0.2, 0.25) is 5.88 Å². The van der Waals surface area contributed by atoms with E-state index >= 15 is 0 Å². The van der Waals surface area contributed by atoms with Crippen molar-refractivity contribution in [2.45, 2.75) is 57.5 Å². The van der Waals surface area contributed by atoms with Crippen molar-refractivity contribution in [1.29, 1.82) is 0 Å². The number of thiazole rings is 1. The minimum atomic E-state index is 0.643. The molecule has 1 aliphatic rings. The van der Waals surface area contributed by atoms with Gasteiger partial charge in [0.05, 0.1) is 7.11 Å². The molecule has 4 nitrogen and oxygen atoms in total. The number of imidazole rings is 1. The van der Waals surface area contributed by atoms with Crippen molar-refractivity contribution >= 4 is 16.3 Å². The number of aromatic nitrogens is 2. The van der Waals surface area contributed by atoms with Crippen LogP contribution in [0.25, 0.3) is 4.96 Å². The smallest absolute Gasteiger partial charge is 0.237 e. The highest BCUT2D eigenvalue weighted by Crippen LogP contribution is 2.24. The summed E-state index contributed by atoms with van der Waals surface area (Å²) in [5.41, 5.74) is 1.14. The van der Waals surface area contributed by atoms with Crippen LogP contribution in [0.3, 0.4) is 0 Å². The molecule has 0 radical (unpaired) electrons. The third kappa shape index (κ3) is 2.99. The molecule has 2 aromatic rings. The predicted molar refractivity (Wildman–Crippen MR) is 82.6 cm³/mol. The van der Waals surface area contributed by atoms with Gasteiger partial charge in [-0.2, -0.15) is 4.98 Å². The summed E-state index contributed by atoms with van der Waals surface area (Å²) in [6, 6.07) is 0.643. The van der Waals surface area contributed by atoms with Crippen molar-refractivity contribution in [2.24, 2.45) is 0 Å². The molecule has 0 unspecified atom stereocenters. The number of hydrogen-bond acceptors (Lipinski definition) is 4. The quantitative estimate of drug-likeness (QED) is 0.936. The number of methoxy groups -OCH3 is 1. The van der Waals surface area contributed by atoms with Gasteiger partial charge >= 0.3 is 0 Å². The molecule has 20 heavy (non-hydrogen) atoms. The third-order valence-corrected chi connectivity index (χ3v) is 4.94. The van der Waals surface area contributed by atoms with E-state index in [1.165, 1.54) is 44.9 Å². The molecular formula is C15H23N3OS. The van der Waals surface area contributed by atoms with Crippen molar-refractivity contribution in [3.8, 4) is 5.88 Å². The first-order chi connectivity index (χ1) is 9.88. The van der Waals surface area contributed by atoms with Crippen LogP contribution in [0.5, 0.6) is 5.88 Å². The van der Waals surface area contributed by atoms with Crippen LogP contribution in [0.2, 0.25) is 0 Å². The van der Waals surface area contributed by atoms with Gasteiger partial charge in [-0.05, 0) is 12.8 Å². The number of nitrogens with one attached hydrogen (secondary N) is 1. The van der Waals surface area contributed by atoms with E-state index in [1.54, 1.807) is 18.4 Å². The Morgan fingerprint density at radius 1 is 1.30 bits per heavy atom. The van der Waals surface area contributed by atoms with E-state index in [4.69, 9.17) is 4.74 Å². The molecule has 110 valence electrons. The zero-order chi connectivity index (χ0) is 13.8. The zero-order valence-electron chi connectivity index (χ0n) is 12.1. The van der Waals surface area contributed by atoms with E-state index in [-0.39, 0.29) is 0 Å². The van der Waals surface area contributed by atoms with E-state index in [1.807, 2.05) is 0 Å². The lowest BCUT2D eigenvalue weighted by molar-refractivity contribution is 0.371. The van der Waals surface area contributed by atoms with Crippen molar-refractivity contribution in [2.75, 3.05) is 7.11 Å². The Bertz CT molecular complexity index is 540. The fraction of sp³-hybridized carbons (Fsp3) is 0.667. The molecule has 5 heteroatoms. The molecule has 2 aromatic heterocycles. The second kappa shape index (κ2) is 6.59. The molecule has 0 aliphatic heterocycles. The number of ether oxygens (including phenoxy) is 1. The number of fused-ring (bicyclic) bond motifs is 1. The van der Waals surface area contributed by atoms with E-state index in [0.717, 1.165) is 23.1 Å². The maximum atomic E-state index is 5.41. The molecule has 0 saturated heterocycles. The largest absolute Gasteiger partial charge is 0.480 e. The molecule has 0 amide bonds. The summed E-state index contributed by atoms with van der Waals surface area (Å²) >= 11 is 1.65. The highest BCUT2D eigenvalue weighted by atomic mass is 32.1. The molecular weight excluding hydrogens is 270 g/mol. The summed E-state index contributed by atoms with van der Waals surface area (Å²) in [7, 11) is 1.70. The van der Waals surface area contributed by atoms with E-state index < -0.39 is 0 Å². The van der Waals surface area contributed by atoms with Crippen molar-refractivity contribution in [3.63, 3.8) is 0 Å². The second-order valence-electron chi connectivity index (χ2n) is 5.55. The number of rotatable bonds is 4. The van der Waals surface area contributed by atoms with Crippen LogP contribution in [0.4, 0.5) is 0 Å². The van der Waals surface area contributed by atoms with Crippen LogP contribution in [-0.2, 0) is 6.54 Å². The Labute approximate surface area is 124 Å². The SMILES string of the molecule is COc1nc2sccn2c1CNC1CCCCCCC1. The Hall–Kier alpha value is -1.07. The third-order valence-electron chi connectivity index (χ3n) is 4.18. The molecule has 3 rings (SSSR count). The van der Waals surface area contributed by atoms with E-state index in [2.05, 4.69) is 26.3 Å². The number of hydrogen-bond donors (Lipinski definition) is 1. The first-order valence-electron chi connectivity index (χ1n) is 7.60. The van der Waals surface area contributed by atoms with Gasteiger partial charge in [0.15, 0.2) is 4.96 Å². The Morgan fingerprint density at radius 3 is 2.80 bits per heavy atom. The van der Waals surface area contributed by atoms with Gasteiger partial charge < -0.3 is 10.1 Å². The standard InChI is InChI=1S/C15H23N3OS/c1-19-14-13(18-9-10-20-15(18)17-14)11-16-12-7-5-3-2-4-6-8-12/h9-10,12,16H,2-8,11H2,1H3. The second-order valence-corrected chi connectivity index (χ2v) is 6.42. The lowest BCUT2D eigenvalue weighted by Crippen LogP contribution is -2.29. The molecule has 1 saturated carbocycles. The van der Waals surface area contributed by atoms with Crippen LogP contribution in [-0.4, -0.2) is 22.5 Å². The lowest BCUT2D eigenvalue weighted by Gasteiger charge is -2.21. The topological polar surface area (TPSA) is 38.6 Å². The van der Waals surface area contributed by atoms with Crippen molar-refractivity contribution in [3.05, 3.63) is 17.3 Å². The first-order valence-corrected chi connectivity index (χ1v) is 8.48. The highest BCUT2D eigenvalue weighted by Gasteiger charge is 2.16. The highest BCUT2D eigenvalue weighted by molar-refractivity contribution is 7.15. The maximum absolute atomic E-state index is 5.41. The average molecular weight is 293 g/mol. The van der Waals surface area contributed by atoms with Gasteiger partial charge in [0, 0.05) is 24.2 Å². The summed E-state index contributed by atoms with van der Waals surface area (Å²) in [6.07, 6.45) is 11.6. The summed E-state index contributed by atoms with van der Waals surface area (Å²) in [5, 5.41) is 5.78. The molecule has 0 bridgehead atoms. The summed E-state index contributed by atoms with van der Waals surface area (Å²) in [4.78, 5) is 5.52. The fourth-order valence-electron chi connectivity index (χ4n) is 3.04. The normalized spacial score (nSPS) is 18.1. The van der Waals surface area contributed by atoms with Crippen LogP contribution < -0.4 is 10.1 Å². The van der Waals surface area contributed by atoms with Gasteiger partial charge in [-0.15, -0.1) is 11.3 Å². The summed E-state index contributed by atoms with van der Waals surface area (Å²) in [5.74, 6) is 0.759. The van der Waals surface area contributed by atoms with E-state index in [0.29, 0.717) is 6.04 Å². The Balaban J connectivity index is 1.67. The molecule has 0 aromatic carbocycles. The molecule has 1 fully saturated rings. The Kier molecular flexibility index (Phi) is 4.58. The molecule has 0 spiro atoms. The molecule has 0 atom stereocenters. The minimum Gasteiger partial charge on any atom is -0.480 e. The fourth-order valence-corrected chi connectivity index (χ4v) is 3.76. The van der Waals surface area contributed by atoms with E-state index in [9.17, 15) is 0 Å². The minimum absolute atomic E-state index is 0.643. The van der Waals surface area contributed by atoms with Crippen LogP contribution >= 0.6 is 11.3 Å².